The maximum absolute atomic E-state index is 4.47. The van der Waals surface area contributed by atoms with Crippen LogP contribution in [-0.2, 0) is 0 Å². The van der Waals surface area contributed by atoms with Gasteiger partial charge >= 0.3 is 0 Å². The van der Waals surface area contributed by atoms with Crippen LogP contribution < -0.4 is 10.2 Å². The van der Waals surface area contributed by atoms with Crippen LogP contribution in [0.1, 0.15) is 31.7 Å². The first-order valence-corrected chi connectivity index (χ1v) is 6.85. The zero-order valence-electron chi connectivity index (χ0n) is 13.1. The van der Waals surface area contributed by atoms with Gasteiger partial charge in [0, 0.05) is 26.2 Å². The van der Waals surface area contributed by atoms with Crippen molar-refractivity contribution in [1.29, 1.82) is 0 Å². The SMILES string of the molecule is CNc1ncnc(N(C)CCCN(C)C)c1C(C)C. The van der Waals surface area contributed by atoms with Gasteiger partial charge in [0.25, 0.3) is 0 Å². The fraction of sp³-hybridized carbons (Fsp3) is 0.714. The minimum atomic E-state index is 0.398. The number of anilines is 2. The Labute approximate surface area is 117 Å². The third kappa shape index (κ3) is 4.35. The van der Waals surface area contributed by atoms with Crippen LogP contribution in [0.3, 0.4) is 0 Å². The van der Waals surface area contributed by atoms with Crippen LogP contribution in [0.5, 0.6) is 0 Å². The van der Waals surface area contributed by atoms with Gasteiger partial charge in [-0.2, -0.15) is 0 Å². The van der Waals surface area contributed by atoms with Crippen LogP contribution in [0.15, 0.2) is 6.33 Å². The van der Waals surface area contributed by atoms with Crippen molar-refractivity contribution in [3.8, 4) is 0 Å². The Hall–Kier alpha value is -1.36. The first-order valence-electron chi connectivity index (χ1n) is 6.85. The predicted octanol–water partition coefficient (Wildman–Crippen LogP) is 2.03. The number of aromatic nitrogens is 2. The number of nitrogens with zero attached hydrogens (tertiary/aromatic N) is 4. The summed E-state index contributed by atoms with van der Waals surface area (Å²) in [6.45, 7) is 6.44. The van der Waals surface area contributed by atoms with Crippen LogP contribution in [0.4, 0.5) is 11.6 Å². The van der Waals surface area contributed by atoms with Crippen LogP contribution in [0.2, 0.25) is 0 Å². The molecule has 0 aliphatic carbocycles. The Bertz CT molecular complexity index is 389. The van der Waals surface area contributed by atoms with E-state index in [2.05, 4.69) is 60.1 Å². The van der Waals surface area contributed by atoms with Crippen LogP contribution >= 0.6 is 0 Å². The summed E-state index contributed by atoms with van der Waals surface area (Å²) in [5.41, 5.74) is 1.19. The largest absolute Gasteiger partial charge is 0.373 e. The third-order valence-electron chi connectivity index (χ3n) is 3.14. The number of rotatable bonds is 7. The van der Waals surface area contributed by atoms with Gasteiger partial charge in [0.15, 0.2) is 0 Å². The van der Waals surface area contributed by atoms with Crippen molar-refractivity contribution in [1.82, 2.24) is 14.9 Å². The molecule has 19 heavy (non-hydrogen) atoms. The minimum absolute atomic E-state index is 0.398. The third-order valence-corrected chi connectivity index (χ3v) is 3.14. The van der Waals surface area contributed by atoms with Crippen molar-refractivity contribution in [3.63, 3.8) is 0 Å². The van der Waals surface area contributed by atoms with E-state index < -0.39 is 0 Å². The molecule has 108 valence electrons. The first kappa shape index (κ1) is 15.7. The highest BCUT2D eigenvalue weighted by Crippen LogP contribution is 2.29. The van der Waals surface area contributed by atoms with Crippen molar-refractivity contribution in [2.24, 2.45) is 0 Å². The maximum Gasteiger partial charge on any atom is 0.137 e. The molecule has 0 bridgehead atoms. The molecule has 5 heteroatoms. The zero-order valence-corrected chi connectivity index (χ0v) is 13.1. The first-order chi connectivity index (χ1) is 8.97. The zero-order chi connectivity index (χ0) is 14.4. The second kappa shape index (κ2) is 7.28. The molecule has 0 saturated heterocycles. The van der Waals surface area contributed by atoms with Crippen LogP contribution in [0.25, 0.3) is 0 Å². The van der Waals surface area contributed by atoms with Crippen molar-refractivity contribution in [2.75, 3.05) is 51.5 Å². The fourth-order valence-electron chi connectivity index (χ4n) is 2.15. The Morgan fingerprint density at radius 2 is 1.84 bits per heavy atom. The molecule has 1 aromatic heterocycles. The summed E-state index contributed by atoms with van der Waals surface area (Å²) >= 11 is 0. The summed E-state index contributed by atoms with van der Waals surface area (Å²) in [4.78, 5) is 13.2. The Balaban J connectivity index is 2.86. The van der Waals surface area contributed by atoms with E-state index in [1.807, 2.05) is 7.05 Å². The molecule has 0 fully saturated rings. The van der Waals surface area contributed by atoms with Gasteiger partial charge in [-0.05, 0) is 33.0 Å². The van der Waals surface area contributed by atoms with Crippen molar-refractivity contribution in [2.45, 2.75) is 26.2 Å². The van der Waals surface area contributed by atoms with E-state index in [-0.39, 0.29) is 0 Å². The second-order valence-corrected chi connectivity index (χ2v) is 5.44. The molecular weight excluding hydrogens is 238 g/mol. The van der Waals surface area contributed by atoms with E-state index in [0.29, 0.717) is 5.92 Å². The normalized spacial score (nSPS) is 11.2. The quantitative estimate of drug-likeness (QED) is 0.817. The van der Waals surface area contributed by atoms with Gasteiger partial charge in [-0.1, -0.05) is 13.8 Å². The van der Waals surface area contributed by atoms with Gasteiger partial charge < -0.3 is 15.1 Å². The molecule has 0 aliphatic rings. The average Bonchev–Trinajstić information content (AvgIpc) is 2.36. The molecule has 0 saturated carbocycles. The van der Waals surface area contributed by atoms with Gasteiger partial charge in [-0.3, -0.25) is 0 Å². The molecule has 0 unspecified atom stereocenters. The highest BCUT2D eigenvalue weighted by atomic mass is 15.2. The molecule has 0 aliphatic heterocycles. The van der Waals surface area contributed by atoms with Crippen molar-refractivity contribution >= 4 is 11.6 Å². The monoisotopic (exact) mass is 265 g/mol. The second-order valence-electron chi connectivity index (χ2n) is 5.44. The number of hydrogen-bond donors (Lipinski definition) is 1. The molecular formula is C14H27N5. The average molecular weight is 265 g/mol. The lowest BCUT2D eigenvalue weighted by molar-refractivity contribution is 0.401. The van der Waals surface area contributed by atoms with E-state index in [4.69, 9.17) is 0 Å². The summed E-state index contributed by atoms with van der Waals surface area (Å²) in [5.74, 6) is 2.36. The Kier molecular flexibility index (Phi) is 6.02. The summed E-state index contributed by atoms with van der Waals surface area (Å²) < 4.78 is 0. The summed E-state index contributed by atoms with van der Waals surface area (Å²) in [6.07, 6.45) is 2.76. The van der Waals surface area contributed by atoms with Gasteiger partial charge in [0.1, 0.15) is 18.0 Å². The van der Waals surface area contributed by atoms with E-state index in [9.17, 15) is 0 Å². The molecule has 1 aromatic rings. The van der Waals surface area contributed by atoms with Gasteiger partial charge in [0.05, 0.1) is 0 Å². The molecule has 0 spiro atoms. The Morgan fingerprint density at radius 1 is 1.16 bits per heavy atom. The highest BCUT2D eigenvalue weighted by Gasteiger charge is 2.16. The summed E-state index contributed by atoms with van der Waals surface area (Å²) in [7, 11) is 8.21. The molecule has 1 N–H and O–H groups in total. The summed E-state index contributed by atoms with van der Waals surface area (Å²) in [6, 6.07) is 0. The van der Waals surface area contributed by atoms with E-state index in [1.165, 1.54) is 5.56 Å². The molecule has 1 rings (SSSR count). The molecule has 5 nitrogen and oxygen atoms in total. The summed E-state index contributed by atoms with van der Waals surface area (Å²) in [5, 5.41) is 3.16. The molecule has 0 atom stereocenters. The lowest BCUT2D eigenvalue weighted by Crippen LogP contribution is -2.25. The Morgan fingerprint density at radius 3 is 2.37 bits per heavy atom. The molecule has 0 aromatic carbocycles. The maximum atomic E-state index is 4.47. The van der Waals surface area contributed by atoms with Crippen molar-refractivity contribution in [3.05, 3.63) is 11.9 Å². The van der Waals surface area contributed by atoms with Gasteiger partial charge in [-0.25, -0.2) is 9.97 Å². The number of nitrogens with one attached hydrogen (secondary N) is 1. The number of hydrogen-bond acceptors (Lipinski definition) is 5. The topological polar surface area (TPSA) is 44.3 Å². The fourth-order valence-corrected chi connectivity index (χ4v) is 2.15. The van der Waals surface area contributed by atoms with Crippen LogP contribution in [-0.4, -0.2) is 56.1 Å². The van der Waals surface area contributed by atoms with Crippen LogP contribution in [0, 0.1) is 0 Å². The van der Waals surface area contributed by atoms with Gasteiger partial charge in [-0.15, -0.1) is 0 Å². The molecule has 0 radical (unpaired) electrons. The van der Waals surface area contributed by atoms with Gasteiger partial charge in [0.2, 0.25) is 0 Å². The van der Waals surface area contributed by atoms with Crippen molar-refractivity contribution < 1.29 is 0 Å². The smallest absolute Gasteiger partial charge is 0.137 e. The molecule has 1 heterocycles. The highest BCUT2D eigenvalue weighted by molar-refractivity contribution is 5.59. The van der Waals surface area contributed by atoms with E-state index in [1.54, 1.807) is 6.33 Å². The lowest BCUT2D eigenvalue weighted by atomic mass is 10.0. The van der Waals surface area contributed by atoms with E-state index in [0.717, 1.165) is 31.1 Å². The minimum Gasteiger partial charge on any atom is -0.373 e. The predicted molar refractivity (Wildman–Crippen MR) is 82.1 cm³/mol. The molecule has 0 amide bonds. The van der Waals surface area contributed by atoms with E-state index >= 15 is 0 Å². The lowest BCUT2D eigenvalue weighted by Gasteiger charge is -2.24. The standard InChI is InChI=1S/C14H27N5/c1-11(2)12-13(15-3)16-10-17-14(12)19(6)9-7-8-18(4)5/h10-11H,7-9H2,1-6H3,(H,15,16,17).